The summed E-state index contributed by atoms with van der Waals surface area (Å²) in [7, 11) is 0. The molecule has 0 atom stereocenters. The fraction of sp³-hybridized carbons (Fsp3) is 0.211. The Kier molecular flexibility index (Phi) is 4.90. The number of hydrogen-bond donors (Lipinski definition) is 0. The maximum absolute atomic E-state index is 12.2. The zero-order chi connectivity index (χ0) is 18.0. The van der Waals surface area contributed by atoms with Crippen molar-refractivity contribution in [2.24, 2.45) is 0 Å². The van der Waals surface area contributed by atoms with E-state index in [0.29, 0.717) is 11.1 Å². The van der Waals surface area contributed by atoms with Gasteiger partial charge in [-0.1, -0.05) is 18.2 Å². The first kappa shape index (κ1) is 17.2. The molecule has 2 aromatic carbocycles. The van der Waals surface area contributed by atoms with Crippen LogP contribution in [0.3, 0.4) is 0 Å². The minimum atomic E-state index is -0.472. The first-order valence-corrected chi connectivity index (χ1v) is 8.77. The highest BCUT2D eigenvalue weighted by molar-refractivity contribution is 8.00. The topological polar surface area (TPSA) is 63.7 Å². The van der Waals surface area contributed by atoms with Gasteiger partial charge in [-0.3, -0.25) is 14.4 Å². The second-order valence-corrected chi connectivity index (χ2v) is 6.81. The van der Waals surface area contributed by atoms with Gasteiger partial charge >= 0.3 is 5.97 Å². The van der Waals surface area contributed by atoms with Gasteiger partial charge < -0.3 is 4.74 Å². The third kappa shape index (κ3) is 3.58. The predicted molar refractivity (Wildman–Crippen MR) is 94.5 cm³/mol. The number of aryl methyl sites for hydroxylation is 2. The van der Waals surface area contributed by atoms with E-state index < -0.39 is 17.8 Å². The van der Waals surface area contributed by atoms with Crippen molar-refractivity contribution in [3.63, 3.8) is 0 Å². The number of thioether (sulfide) groups is 1. The number of benzene rings is 2. The molecule has 128 valence electrons. The van der Waals surface area contributed by atoms with Crippen LogP contribution in [0.5, 0.6) is 0 Å². The van der Waals surface area contributed by atoms with Crippen molar-refractivity contribution in [2.45, 2.75) is 18.7 Å². The first-order chi connectivity index (χ1) is 12.0. The molecule has 25 heavy (non-hydrogen) atoms. The smallest absolute Gasteiger partial charge is 0.318 e. The molecule has 3 rings (SSSR count). The summed E-state index contributed by atoms with van der Waals surface area (Å²) >= 11 is 1.36. The minimum absolute atomic E-state index is 0.117. The van der Waals surface area contributed by atoms with Crippen LogP contribution in [0, 0.1) is 13.8 Å². The van der Waals surface area contributed by atoms with Crippen molar-refractivity contribution in [2.75, 3.05) is 12.5 Å². The van der Waals surface area contributed by atoms with Gasteiger partial charge in [0, 0.05) is 4.90 Å². The predicted octanol–water partition coefficient (Wildman–Crippen LogP) is 3.19. The van der Waals surface area contributed by atoms with Crippen LogP contribution in [0.1, 0.15) is 31.8 Å². The molecule has 1 aliphatic heterocycles. The lowest BCUT2D eigenvalue weighted by atomic mass is 10.1. The Morgan fingerprint density at radius 3 is 2.24 bits per heavy atom. The van der Waals surface area contributed by atoms with Crippen LogP contribution < -0.4 is 0 Å². The van der Waals surface area contributed by atoms with Crippen molar-refractivity contribution in [1.82, 2.24) is 4.90 Å². The van der Waals surface area contributed by atoms with Crippen molar-refractivity contribution < 1.29 is 19.1 Å². The monoisotopic (exact) mass is 355 g/mol. The third-order valence-electron chi connectivity index (χ3n) is 4.07. The molecule has 1 aliphatic rings. The number of carbonyl (C=O) groups excluding carboxylic acids is 3. The minimum Gasteiger partial charge on any atom is -0.443 e. The van der Waals surface area contributed by atoms with E-state index in [0.717, 1.165) is 15.4 Å². The lowest BCUT2D eigenvalue weighted by molar-refractivity contribution is -0.142. The first-order valence-electron chi connectivity index (χ1n) is 7.78. The largest absolute Gasteiger partial charge is 0.443 e. The highest BCUT2D eigenvalue weighted by Crippen LogP contribution is 2.23. The molecule has 0 radical (unpaired) electrons. The van der Waals surface area contributed by atoms with Crippen LogP contribution in [0.4, 0.5) is 0 Å². The average molecular weight is 355 g/mol. The summed E-state index contributed by atoms with van der Waals surface area (Å²) in [5, 5.41) is 0. The Bertz CT molecular complexity index is 827. The van der Waals surface area contributed by atoms with Gasteiger partial charge in [-0.2, -0.15) is 0 Å². The van der Waals surface area contributed by atoms with Crippen LogP contribution in [-0.4, -0.2) is 35.2 Å². The third-order valence-corrected chi connectivity index (χ3v) is 5.04. The molecule has 0 bridgehead atoms. The molecular weight excluding hydrogens is 338 g/mol. The standard InChI is InChI=1S/C19H17NO4S/c1-12-7-8-14(9-13(12)2)25-10-17(21)24-11-20-18(22)15-5-3-4-6-16(15)19(20)23/h3-9H,10-11H2,1-2H3. The van der Waals surface area contributed by atoms with E-state index in [1.165, 1.54) is 17.3 Å². The number of ether oxygens (including phenoxy) is 1. The van der Waals surface area contributed by atoms with Crippen LogP contribution >= 0.6 is 11.8 Å². The van der Waals surface area contributed by atoms with Crippen molar-refractivity contribution in [3.05, 3.63) is 64.7 Å². The molecule has 6 heteroatoms. The van der Waals surface area contributed by atoms with Crippen LogP contribution in [0.25, 0.3) is 0 Å². The van der Waals surface area contributed by atoms with Gasteiger partial charge in [0.2, 0.25) is 0 Å². The fourth-order valence-corrected chi connectivity index (χ4v) is 3.27. The van der Waals surface area contributed by atoms with Gasteiger partial charge in [-0.15, -0.1) is 11.8 Å². The number of esters is 1. The van der Waals surface area contributed by atoms with E-state index in [1.807, 2.05) is 32.0 Å². The molecule has 0 saturated carbocycles. The number of rotatable bonds is 5. The molecule has 2 aromatic rings. The van der Waals surface area contributed by atoms with Crippen LogP contribution in [0.15, 0.2) is 47.4 Å². The molecular formula is C19H17NO4S. The zero-order valence-electron chi connectivity index (χ0n) is 13.9. The number of carbonyl (C=O) groups is 3. The molecule has 0 N–H and O–H groups in total. The second kappa shape index (κ2) is 7.11. The summed E-state index contributed by atoms with van der Waals surface area (Å²) in [4.78, 5) is 38.2. The number of imide groups is 1. The molecule has 2 amide bonds. The normalized spacial score (nSPS) is 13.1. The Morgan fingerprint density at radius 1 is 1.00 bits per heavy atom. The van der Waals surface area contributed by atoms with Gasteiger partial charge in [0.1, 0.15) is 0 Å². The van der Waals surface area contributed by atoms with E-state index in [4.69, 9.17) is 4.74 Å². The Hall–Kier alpha value is -2.60. The van der Waals surface area contributed by atoms with E-state index in [-0.39, 0.29) is 12.5 Å². The highest BCUT2D eigenvalue weighted by atomic mass is 32.2. The molecule has 0 saturated heterocycles. The molecule has 0 aromatic heterocycles. The highest BCUT2D eigenvalue weighted by Gasteiger charge is 2.35. The van der Waals surface area contributed by atoms with E-state index >= 15 is 0 Å². The van der Waals surface area contributed by atoms with Gasteiger partial charge in [-0.25, -0.2) is 4.90 Å². The second-order valence-electron chi connectivity index (χ2n) is 5.76. The maximum atomic E-state index is 12.2. The Morgan fingerprint density at radius 2 is 1.64 bits per heavy atom. The van der Waals surface area contributed by atoms with E-state index in [9.17, 15) is 14.4 Å². The fourth-order valence-electron chi connectivity index (χ4n) is 2.48. The number of hydrogen-bond acceptors (Lipinski definition) is 5. The van der Waals surface area contributed by atoms with E-state index in [2.05, 4.69) is 0 Å². The molecule has 0 aliphatic carbocycles. The number of amides is 2. The lowest BCUT2D eigenvalue weighted by Gasteiger charge is -2.13. The van der Waals surface area contributed by atoms with Crippen molar-refractivity contribution >= 4 is 29.5 Å². The summed E-state index contributed by atoms with van der Waals surface area (Å²) in [6.45, 7) is 3.68. The summed E-state index contributed by atoms with van der Waals surface area (Å²) < 4.78 is 5.10. The quantitative estimate of drug-likeness (QED) is 0.468. The van der Waals surface area contributed by atoms with Crippen molar-refractivity contribution in [1.29, 1.82) is 0 Å². The molecule has 0 fully saturated rings. The lowest BCUT2D eigenvalue weighted by Crippen LogP contribution is -2.33. The van der Waals surface area contributed by atoms with E-state index in [1.54, 1.807) is 24.3 Å². The SMILES string of the molecule is Cc1ccc(SCC(=O)OCN2C(=O)c3ccccc3C2=O)cc1C. The van der Waals surface area contributed by atoms with Crippen LogP contribution in [-0.2, 0) is 9.53 Å². The average Bonchev–Trinajstić information content (AvgIpc) is 2.85. The maximum Gasteiger partial charge on any atom is 0.318 e. The van der Waals surface area contributed by atoms with Gasteiger partial charge in [0.05, 0.1) is 16.9 Å². The molecule has 0 unspecified atom stereocenters. The summed E-state index contributed by atoms with van der Waals surface area (Å²) in [6.07, 6.45) is 0. The van der Waals surface area contributed by atoms with Gasteiger partial charge in [-0.05, 0) is 49.2 Å². The summed E-state index contributed by atoms with van der Waals surface area (Å²) in [5.74, 6) is -1.23. The number of fused-ring (bicyclic) bond motifs is 1. The Labute approximate surface area is 150 Å². The molecule has 1 heterocycles. The number of nitrogens with zero attached hydrogens (tertiary/aromatic N) is 1. The summed E-state index contributed by atoms with van der Waals surface area (Å²) in [5.41, 5.74) is 3.03. The van der Waals surface area contributed by atoms with Crippen LogP contribution in [0.2, 0.25) is 0 Å². The van der Waals surface area contributed by atoms with Gasteiger partial charge in [0.25, 0.3) is 11.8 Å². The Balaban J connectivity index is 1.54. The molecule has 0 spiro atoms. The molecule has 5 nitrogen and oxygen atoms in total. The summed E-state index contributed by atoms with van der Waals surface area (Å²) in [6, 6.07) is 12.5. The zero-order valence-corrected chi connectivity index (χ0v) is 14.8. The van der Waals surface area contributed by atoms with Gasteiger partial charge in [0.15, 0.2) is 6.73 Å². The van der Waals surface area contributed by atoms with Crippen molar-refractivity contribution in [3.8, 4) is 0 Å².